The van der Waals surface area contributed by atoms with E-state index in [1.165, 1.54) is 12.7 Å². The second-order valence-corrected chi connectivity index (χ2v) is 5.47. The summed E-state index contributed by atoms with van der Waals surface area (Å²) < 4.78 is 4.75. The summed E-state index contributed by atoms with van der Waals surface area (Å²) in [6.45, 7) is 0. The first-order chi connectivity index (χ1) is 10.7. The van der Waals surface area contributed by atoms with E-state index in [-0.39, 0.29) is 11.7 Å². The van der Waals surface area contributed by atoms with Crippen molar-refractivity contribution in [3.05, 3.63) is 59.7 Å². The van der Waals surface area contributed by atoms with Gasteiger partial charge in [-0.25, -0.2) is 4.79 Å². The summed E-state index contributed by atoms with van der Waals surface area (Å²) >= 11 is 0. The van der Waals surface area contributed by atoms with Gasteiger partial charge in [0.05, 0.1) is 7.11 Å². The van der Waals surface area contributed by atoms with Crippen LogP contribution in [0.3, 0.4) is 0 Å². The monoisotopic (exact) mass is 294 g/mol. The molecule has 0 aliphatic heterocycles. The van der Waals surface area contributed by atoms with Crippen LogP contribution in [-0.2, 0) is 16.0 Å². The number of allylic oxidation sites excluding steroid dienone is 1. The molecule has 0 amide bonds. The van der Waals surface area contributed by atoms with Crippen LogP contribution < -0.4 is 0 Å². The maximum Gasteiger partial charge on any atom is 0.330 e. The Morgan fingerprint density at radius 2 is 1.82 bits per heavy atom. The Labute approximate surface area is 129 Å². The molecule has 3 heteroatoms. The number of fused-ring (bicyclic) bond motifs is 1. The number of phenols is 1. The van der Waals surface area contributed by atoms with E-state index in [0.29, 0.717) is 0 Å². The van der Waals surface area contributed by atoms with Gasteiger partial charge >= 0.3 is 5.97 Å². The fraction of sp³-hybridized carbons (Fsp3) is 0.211. The molecule has 1 aliphatic carbocycles. The molecule has 3 nitrogen and oxygen atoms in total. The molecule has 2 aromatic carbocycles. The van der Waals surface area contributed by atoms with Gasteiger partial charge in [0.1, 0.15) is 5.75 Å². The van der Waals surface area contributed by atoms with Gasteiger partial charge in [-0.1, -0.05) is 24.3 Å². The molecule has 22 heavy (non-hydrogen) atoms. The average Bonchev–Trinajstić information content (AvgIpc) is 2.55. The number of carbonyl (C=O) groups excluding carboxylic acids is 1. The van der Waals surface area contributed by atoms with E-state index in [9.17, 15) is 9.90 Å². The summed E-state index contributed by atoms with van der Waals surface area (Å²) in [5.41, 5.74) is 5.56. The minimum atomic E-state index is -0.308. The normalized spacial score (nSPS) is 15.4. The van der Waals surface area contributed by atoms with Gasteiger partial charge in [-0.2, -0.15) is 0 Å². The largest absolute Gasteiger partial charge is 0.508 e. The highest BCUT2D eigenvalue weighted by Crippen LogP contribution is 2.34. The van der Waals surface area contributed by atoms with Crippen molar-refractivity contribution in [3.63, 3.8) is 0 Å². The van der Waals surface area contributed by atoms with Crippen molar-refractivity contribution in [2.24, 2.45) is 0 Å². The molecule has 0 atom stereocenters. The lowest BCUT2D eigenvalue weighted by Crippen LogP contribution is -2.05. The van der Waals surface area contributed by atoms with Crippen LogP contribution in [0.15, 0.2) is 48.5 Å². The molecule has 0 fully saturated rings. The molecule has 0 saturated heterocycles. The van der Waals surface area contributed by atoms with Crippen LogP contribution >= 0.6 is 0 Å². The highest BCUT2D eigenvalue weighted by atomic mass is 16.5. The van der Waals surface area contributed by atoms with Gasteiger partial charge in [-0.3, -0.25) is 0 Å². The number of aromatic hydroxyl groups is 1. The first-order valence-corrected chi connectivity index (χ1v) is 7.38. The van der Waals surface area contributed by atoms with E-state index in [1.807, 2.05) is 12.1 Å². The number of esters is 1. The number of hydrogen-bond donors (Lipinski definition) is 1. The Morgan fingerprint density at radius 3 is 2.55 bits per heavy atom. The van der Waals surface area contributed by atoms with Crippen LogP contribution in [0.1, 0.15) is 24.0 Å². The van der Waals surface area contributed by atoms with E-state index in [4.69, 9.17) is 4.74 Å². The molecule has 112 valence electrons. The van der Waals surface area contributed by atoms with Gasteiger partial charge in [0.15, 0.2) is 0 Å². The van der Waals surface area contributed by atoms with Crippen molar-refractivity contribution in [1.29, 1.82) is 0 Å². The van der Waals surface area contributed by atoms with Crippen molar-refractivity contribution in [2.75, 3.05) is 7.11 Å². The lowest BCUT2D eigenvalue weighted by Gasteiger charge is -2.20. The maximum atomic E-state index is 11.6. The summed E-state index contributed by atoms with van der Waals surface area (Å²) in [6, 6.07) is 13.5. The number of methoxy groups -OCH3 is 1. The molecule has 0 bridgehead atoms. The molecule has 3 rings (SSSR count). The molecule has 1 aliphatic rings. The van der Waals surface area contributed by atoms with Crippen LogP contribution in [0.4, 0.5) is 0 Å². The molecule has 0 heterocycles. The number of ether oxygens (including phenoxy) is 1. The molecule has 0 saturated carbocycles. The van der Waals surface area contributed by atoms with E-state index in [0.717, 1.165) is 41.5 Å². The predicted molar refractivity (Wildman–Crippen MR) is 86.5 cm³/mol. The Hall–Kier alpha value is -2.55. The van der Waals surface area contributed by atoms with Crippen LogP contribution in [-0.4, -0.2) is 18.2 Å². The van der Waals surface area contributed by atoms with Crippen molar-refractivity contribution >= 4 is 11.5 Å². The van der Waals surface area contributed by atoms with E-state index < -0.39 is 0 Å². The number of benzene rings is 2. The van der Waals surface area contributed by atoms with Gasteiger partial charge in [0.2, 0.25) is 0 Å². The average molecular weight is 294 g/mol. The highest BCUT2D eigenvalue weighted by Gasteiger charge is 2.16. The predicted octanol–water partition coefficient (Wildman–Crippen LogP) is 3.95. The van der Waals surface area contributed by atoms with Gasteiger partial charge in [-0.05, 0) is 65.3 Å². The zero-order valence-electron chi connectivity index (χ0n) is 12.5. The fourth-order valence-corrected chi connectivity index (χ4v) is 2.88. The number of aryl methyl sites for hydroxylation is 1. The zero-order chi connectivity index (χ0) is 15.5. The first-order valence-electron chi connectivity index (χ1n) is 7.38. The van der Waals surface area contributed by atoms with Gasteiger partial charge in [0.25, 0.3) is 0 Å². The van der Waals surface area contributed by atoms with Crippen molar-refractivity contribution in [1.82, 2.24) is 0 Å². The number of carbonyl (C=O) groups is 1. The summed E-state index contributed by atoms with van der Waals surface area (Å²) in [4.78, 5) is 11.6. The quantitative estimate of drug-likeness (QED) is 0.674. The highest BCUT2D eigenvalue weighted by molar-refractivity contribution is 5.92. The van der Waals surface area contributed by atoms with E-state index in [1.54, 1.807) is 18.2 Å². The van der Waals surface area contributed by atoms with Gasteiger partial charge in [0, 0.05) is 6.08 Å². The van der Waals surface area contributed by atoms with Gasteiger partial charge < -0.3 is 9.84 Å². The topological polar surface area (TPSA) is 46.5 Å². The number of hydrogen-bond acceptors (Lipinski definition) is 3. The maximum absolute atomic E-state index is 11.6. The van der Waals surface area contributed by atoms with Crippen LogP contribution in [0.25, 0.3) is 16.7 Å². The Balaban J connectivity index is 2.04. The minimum Gasteiger partial charge on any atom is -0.508 e. The summed E-state index contributed by atoms with van der Waals surface area (Å²) in [5, 5.41) is 9.40. The third-order valence-electron chi connectivity index (χ3n) is 4.04. The van der Waals surface area contributed by atoms with Crippen molar-refractivity contribution in [2.45, 2.75) is 19.3 Å². The first kappa shape index (κ1) is 14.4. The number of phenolic OH excluding ortho intramolecular Hbond substituents is 1. The van der Waals surface area contributed by atoms with Gasteiger partial charge in [-0.15, -0.1) is 0 Å². The lowest BCUT2D eigenvalue weighted by atomic mass is 9.85. The summed E-state index contributed by atoms with van der Waals surface area (Å²) in [6.07, 6.45) is 4.57. The molecule has 1 N–H and O–H groups in total. The molecule has 2 aromatic rings. The van der Waals surface area contributed by atoms with E-state index >= 15 is 0 Å². The Morgan fingerprint density at radius 1 is 1.09 bits per heavy atom. The second kappa shape index (κ2) is 6.06. The molecule has 0 unspecified atom stereocenters. The Bertz CT molecular complexity index is 727. The van der Waals surface area contributed by atoms with Crippen LogP contribution in [0, 0.1) is 0 Å². The third-order valence-corrected chi connectivity index (χ3v) is 4.04. The van der Waals surface area contributed by atoms with Crippen LogP contribution in [0.5, 0.6) is 5.75 Å². The van der Waals surface area contributed by atoms with Crippen molar-refractivity contribution < 1.29 is 14.6 Å². The molecule has 0 radical (unpaired) electrons. The SMILES string of the molecule is COC(=O)/C=C1\CCCc2ccc(-c3ccc(O)cc3)cc21. The third kappa shape index (κ3) is 2.89. The lowest BCUT2D eigenvalue weighted by molar-refractivity contribution is -0.134. The number of rotatable bonds is 2. The summed E-state index contributed by atoms with van der Waals surface area (Å²) in [7, 11) is 1.40. The van der Waals surface area contributed by atoms with Crippen LogP contribution in [0.2, 0.25) is 0 Å². The van der Waals surface area contributed by atoms with E-state index in [2.05, 4.69) is 18.2 Å². The zero-order valence-corrected chi connectivity index (χ0v) is 12.5. The second-order valence-electron chi connectivity index (χ2n) is 5.47. The molecule has 0 aromatic heterocycles. The minimum absolute atomic E-state index is 0.257. The Kier molecular flexibility index (Phi) is 3.96. The fourth-order valence-electron chi connectivity index (χ4n) is 2.88. The molecular weight excluding hydrogens is 276 g/mol. The standard InChI is InChI=1S/C19H18O3/c1-22-19(21)12-16-4-2-3-14-5-6-15(11-18(14)16)13-7-9-17(20)10-8-13/h5-12,20H,2-4H2,1H3/b16-12+. The molecular formula is C19H18O3. The summed E-state index contributed by atoms with van der Waals surface area (Å²) in [5.74, 6) is -0.0501. The molecule has 0 spiro atoms. The van der Waals surface area contributed by atoms with Crippen molar-refractivity contribution in [3.8, 4) is 16.9 Å². The smallest absolute Gasteiger partial charge is 0.330 e.